The van der Waals surface area contributed by atoms with Gasteiger partial charge < -0.3 is 14.6 Å². The monoisotopic (exact) mass is 377 g/mol. The number of carbonyl (C=O) groups excluding carboxylic acids is 1. The second kappa shape index (κ2) is 7.94. The minimum absolute atomic E-state index is 0.286. The van der Waals surface area contributed by atoms with Crippen molar-refractivity contribution in [1.29, 1.82) is 0 Å². The van der Waals surface area contributed by atoms with Gasteiger partial charge in [0.05, 0.1) is 20.7 Å². The number of rotatable bonds is 4. The average molecular weight is 378 g/mol. The normalized spacial score (nSPS) is 22.7. The Morgan fingerprint density at radius 2 is 1.92 bits per heavy atom. The molecule has 0 aromatic heterocycles. The van der Waals surface area contributed by atoms with Gasteiger partial charge in [-0.15, -0.1) is 0 Å². The lowest BCUT2D eigenvalue weighted by Crippen LogP contribution is -2.46. The summed E-state index contributed by atoms with van der Waals surface area (Å²) < 4.78 is 11.4. The van der Waals surface area contributed by atoms with E-state index in [0.29, 0.717) is 6.61 Å². The molecule has 1 N–H and O–H groups in total. The molecule has 1 aliphatic heterocycles. The van der Waals surface area contributed by atoms with Crippen LogP contribution in [0.3, 0.4) is 0 Å². The highest BCUT2D eigenvalue weighted by atomic mass is 28.3. The van der Waals surface area contributed by atoms with Gasteiger partial charge in [-0.25, -0.2) is 4.79 Å². The Morgan fingerprint density at radius 1 is 1.31 bits per heavy atom. The zero-order valence-electron chi connectivity index (χ0n) is 16.6. The molecular weight excluding hydrogens is 346 g/mol. The zero-order valence-corrected chi connectivity index (χ0v) is 17.6. The van der Waals surface area contributed by atoms with E-state index in [1.54, 1.807) is 6.08 Å². The van der Waals surface area contributed by atoms with E-state index in [9.17, 15) is 9.90 Å². The lowest BCUT2D eigenvalue weighted by molar-refractivity contribution is -0.0548. The Labute approximate surface area is 157 Å². The molecule has 0 aliphatic carbocycles. The molecule has 0 saturated carbocycles. The molecule has 1 aliphatic rings. The summed E-state index contributed by atoms with van der Waals surface area (Å²) in [6.45, 7) is 12.4. The number of benzene rings is 1. The van der Waals surface area contributed by atoms with Gasteiger partial charge in [0.2, 0.25) is 0 Å². The summed E-state index contributed by atoms with van der Waals surface area (Å²) in [5, 5.41) is 10.7. The molecule has 0 bridgehead atoms. The maximum atomic E-state index is 12.9. The summed E-state index contributed by atoms with van der Waals surface area (Å²) in [5.41, 5.74) is 2.40. The summed E-state index contributed by atoms with van der Waals surface area (Å²) in [6, 6.07) is 9.41. The predicted octanol–water partition coefficient (Wildman–Crippen LogP) is 4.12. The molecule has 6 heteroatoms. The number of carbonyl (C=O) groups is 1. The van der Waals surface area contributed by atoms with Crippen LogP contribution in [0.25, 0.3) is 0 Å². The molecule has 3 atom stereocenters. The highest BCUT2D eigenvalue weighted by Crippen LogP contribution is 2.33. The van der Waals surface area contributed by atoms with Crippen LogP contribution in [0.1, 0.15) is 32.4 Å². The standard InChI is InChI=1S/C20H31NO4Si/c1-20(2,3)25-19(23)21-16(15-10-8-7-9-11-15)14-24-18(21)17(22)12-13-26(4,5)6/h7-13,16-18,22H,14H2,1-6H3/b13-12+/t16-,17-,18+/m0/s1. The third kappa shape index (κ3) is 5.69. The molecule has 1 amide bonds. The molecule has 1 aromatic carbocycles. The van der Waals surface area contributed by atoms with E-state index in [2.05, 4.69) is 25.3 Å². The Kier molecular flexibility index (Phi) is 6.32. The molecule has 5 nitrogen and oxygen atoms in total. The smallest absolute Gasteiger partial charge is 0.413 e. The van der Waals surface area contributed by atoms with Crippen LogP contribution in [0.2, 0.25) is 19.6 Å². The third-order valence-electron chi connectivity index (χ3n) is 3.91. The van der Waals surface area contributed by atoms with E-state index in [0.717, 1.165) is 5.56 Å². The number of amides is 1. The molecule has 2 rings (SSSR count). The zero-order chi connectivity index (χ0) is 19.5. The van der Waals surface area contributed by atoms with E-state index in [1.165, 1.54) is 4.90 Å². The van der Waals surface area contributed by atoms with Crippen LogP contribution < -0.4 is 0 Å². The van der Waals surface area contributed by atoms with Crippen molar-refractivity contribution in [3.63, 3.8) is 0 Å². The minimum Gasteiger partial charge on any atom is -0.444 e. The number of hydrogen-bond donors (Lipinski definition) is 1. The number of hydrogen-bond acceptors (Lipinski definition) is 4. The quantitative estimate of drug-likeness (QED) is 0.802. The van der Waals surface area contributed by atoms with E-state index >= 15 is 0 Å². The average Bonchev–Trinajstić information content (AvgIpc) is 2.96. The molecule has 144 valence electrons. The van der Waals surface area contributed by atoms with Crippen molar-refractivity contribution in [2.75, 3.05) is 6.61 Å². The van der Waals surface area contributed by atoms with Gasteiger partial charge in [-0.3, -0.25) is 4.90 Å². The van der Waals surface area contributed by atoms with E-state index < -0.39 is 32.1 Å². The van der Waals surface area contributed by atoms with Crippen LogP contribution in [-0.2, 0) is 9.47 Å². The number of nitrogens with zero attached hydrogens (tertiary/aromatic N) is 1. The summed E-state index contributed by atoms with van der Waals surface area (Å²) >= 11 is 0. The Balaban J connectivity index is 2.29. The molecule has 1 aromatic rings. The predicted molar refractivity (Wildman–Crippen MR) is 105 cm³/mol. The number of aliphatic hydroxyl groups excluding tert-OH is 1. The lowest BCUT2D eigenvalue weighted by atomic mass is 10.1. The molecule has 0 unspecified atom stereocenters. The van der Waals surface area contributed by atoms with Crippen molar-refractivity contribution < 1.29 is 19.4 Å². The first-order chi connectivity index (χ1) is 12.0. The molecular formula is C20H31NO4Si. The topological polar surface area (TPSA) is 59.0 Å². The van der Waals surface area contributed by atoms with Crippen LogP contribution in [0, 0.1) is 0 Å². The summed E-state index contributed by atoms with van der Waals surface area (Å²) in [4.78, 5) is 14.4. The maximum absolute atomic E-state index is 12.9. The SMILES string of the molecule is CC(C)(C)OC(=O)N1[C@@H]([C@@H](O)/C=C/[Si](C)(C)C)OC[C@H]1c1ccccc1. The summed E-state index contributed by atoms with van der Waals surface area (Å²) in [6.07, 6.45) is -0.387. The van der Waals surface area contributed by atoms with Gasteiger partial charge >= 0.3 is 6.09 Å². The molecule has 0 radical (unpaired) electrons. The maximum Gasteiger partial charge on any atom is 0.413 e. The largest absolute Gasteiger partial charge is 0.444 e. The Morgan fingerprint density at radius 3 is 2.46 bits per heavy atom. The second-order valence-corrected chi connectivity index (χ2v) is 13.8. The van der Waals surface area contributed by atoms with Gasteiger partial charge in [0.1, 0.15) is 11.7 Å². The first-order valence-electron chi connectivity index (χ1n) is 9.03. The van der Waals surface area contributed by atoms with Crippen LogP contribution in [-0.4, -0.2) is 48.7 Å². The highest BCUT2D eigenvalue weighted by Gasteiger charge is 2.43. The number of aliphatic hydroxyl groups is 1. The molecule has 26 heavy (non-hydrogen) atoms. The van der Waals surface area contributed by atoms with Crippen molar-refractivity contribution in [2.45, 2.75) is 64.4 Å². The van der Waals surface area contributed by atoms with E-state index in [4.69, 9.17) is 9.47 Å². The van der Waals surface area contributed by atoms with Gasteiger partial charge in [-0.05, 0) is 26.3 Å². The van der Waals surface area contributed by atoms with Crippen molar-refractivity contribution in [3.05, 3.63) is 47.7 Å². The third-order valence-corrected chi connectivity index (χ3v) is 5.10. The van der Waals surface area contributed by atoms with E-state index in [1.807, 2.05) is 51.1 Å². The molecule has 1 fully saturated rings. The highest BCUT2D eigenvalue weighted by molar-refractivity contribution is 6.80. The van der Waals surface area contributed by atoms with Crippen molar-refractivity contribution in [2.24, 2.45) is 0 Å². The lowest BCUT2D eigenvalue weighted by Gasteiger charge is -2.32. The van der Waals surface area contributed by atoms with Crippen molar-refractivity contribution >= 4 is 14.2 Å². The molecule has 0 spiro atoms. The molecule has 1 heterocycles. The summed E-state index contributed by atoms with van der Waals surface area (Å²) in [5.74, 6) is 0. The van der Waals surface area contributed by atoms with Gasteiger partial charge in [0.25, 0.3) is 0 Å². The Bertz CT molecular complexity index is 633. The van der Waals surface area contributed by atoms with Crippen LogP contribution in [0.4, 0.5) is 4.79 Å². The Hall–Kier alpha value is -1.63. The summed E-state index contributed by atoms with van der Waals surface area (Å²) in [7, 11) is -1.47. The second-order valence-electron chi connectivity index (χ2n) is 8.75. The van der Waals surface area contributed by atoms with Crippen LogP contribution in [0.5, 0.6) is 0 Å². The number of ether oxygens (including phenoxy) is 2. The van der Waals surface area contributed by atoms with Crippen molar-refractivity contribution in [3.8, 4) is 0 Å². The van der Waals surface area contributed by atoms with Gasteiger partial charge in [0, 0.05) is 0 Å². The first-order valence-corrected chi connectivity index (χ1v) is 12.6. The minimum atomic E-state index is -1.47. The van der Waals surface area contributed by atoms with Crippen LogP contribution in [0.15, 0.2) is 42.1 Å². The van der Waals surface area contributed by atoms with Gasteiger partial charge in [0.15, 0.2) is 6.23 Å². The van der Waals surface area contributed by atoms with E-state index in [-0.39, 0.29) is 6.04 Å². The first kappa shape index (κ1) is 20.7. The fourth-order valence-electron chi connectivity index (χ4n) is 2.75. The van der Waals surface area contributed by atoms with Crippen molar-refractivity contribution in [1.82, 2.24) is 4.90 Å². The fraction of sp³-hybridized carbons (Fsp3) is 0.550. The van der Waals surface area contributed by atoms with Crippen LogP contribution >= 0.6 is 0 Å². The van der Waals surface area contributed by atoms with Gasteiger partial charge in [-0.2, -0.15) is 0 Å². The fourth-order valence-corrected chi connectivity index (χ4v) is 3.53. The van der Waals surface area contributed by atoms with Gasteiger partial charge in [-0.1, -0.05) is 61.7 Å². The molecule has 1 saturated heterocycles.